The summed E-state index contributed by atoms with van der Waals surface area (Å²) in [6, 6.07) is 8.89. The maximum atomic E-state index is 11.6. The van der Waals surface area contributed by atoms with Crippen molar-refractivity contribution in [1.29, 1.82) is 0 Å². The average Bonchev–Trinajstić information content (AvgIpc) is 2.35. The second-order valence-corrected chi connectivity index (χ2v) is 3.60. The highest BCUT2D eigenvalue weighted by molar-refractivity contribution is 5.94. The highest BCUT2D eigenvalue weighted by atomic mass is 16.4. The molecule has 1 aromatic rings. The zero-order valence-corrected chi connectivity index (χ0v) is 9.64. The zero-order valence-electron chi connectivity index (χ0n) is 9.64. The van der Waals surface area contributed by atoms with E-state index in [0.717, 1.165) is 0 Å². The van der Waals surface area contributed by atoms with Crippen molar-refractivity contribution >= 4 is 11.9 Å². The van der Waals surface area contributed by atoms with Gasteiger partial charge < -0.3 is 10.4 Å². The first kappa shape index (κ1) is 13.0. The molecule has 0 atom stereocenters. The topological polar surface area (TPSA) is 66.4 Å². The largest absolute Gasteiger partial charge is 0.478 e. The summed E-state index contributed by atoms with van der Waals surface area (Å²) in [4.78, 5) is 22.1. The van der Waals surface area contributed by atoms with Crippen LogP contribution in [0.15, 0.2) is 42.0 Å². The third-order valence-corrected chi connectivity index (χ3v) is 2.25. The lowest BCUT2D eigenvalue weighted by molar-refractivity contribution is -0.132. The quantitative estimate of drug-likeness (QED) is 0.602. The Bertz CT molecular complexity index is 424. The van der Waals surface area contributed by atoms with Gasteiger partial charge in [0.1, 0.15) is 0 Å². The van der Waals surface area contributed by atoms with E-state index in [9.17, 15) is 9.59 Å². The second-order valence-electron chi connectivity index (χ2n) is 3.60. The smallest absolute Gasteiger partial charge is 0.330 e. The number of hydrogen-bond acceptors (Lipinski definition) is 2. The van der Waals surface area contributed by atoms with Gasteiger partial charge in [-0.3, -0.25) is 4.79 Å². The second kappa shape index (κ2) is 6.48. The number of hydrogen-bond donors (Lipinski definition) is 2. The molecule has 4 nitrogen and oxygen atoms in total. The summed E-state index contributed by atoms with van der Waals surface area (Å²) in [5.74, 6) is -1.08. The number of amides is 1. The van der Waals surface area contributed by atoms with Crippen LogP contribution in [0.2, 0.25) is 0 Å². The Hall–Kier alpha value is -2.10. The SMILES string of the molecule is CC(=CCCNC(=O)c1ccccc1)C(=O)O. The van der Waals surface area contributed by atoms with Crippen molar-refractivity contribution in [2.24, 2.45) is 0 Å². The number of carbonyl (C=O) groups excluding carboxylic acids is 1. The number of benzene rings is 1. The van der Waals surface area contributed by atoms with Gasteiger partial charge in [-0.15, -0.1) is 0 Å². The van der Waals surface area contributed by atoms with Crippen molar-refractivity contribution in [2.75, 3.05) is 6.54 Å². The maximum Gasteiger partial charge on any atom is 0.330 e. The Balaban J connectivity index is 2.35. The van der Waals surface area contributed by atoms with Gasteiger partial charge >= 0.3 is 5.97 Å². The average molecular weight is 233 g/mol. The zero-order chi connectivity index (χ0) is 12.7. The van der Waals surface area contributed by atoms with Crippen molar-refractivity contribution in [2.45, 2.75) is 13.3 Å². The van der Waals surface area contributed by atoms with Crippen LogP contribution >= 0.6 is 0 Å². The fourth-order valence-corrected chi connectivity index (χ4v) is 1.25. The molecule has 1 amide bonds. The van der Waals surface area contributed by atoms with Gasteiger partial charge in [-0.1, -0.05) is 24.3 Å². The number of carbonyl (C=O) groups is 2. The molecule has 0 bridgehead atoms. The van der Waals surface area contributed by atoms with E-state index >= 15 is 0 Å². The number of carboxylic acid groups (broad SMARTS) is 1. The van der Waals surface area contributed by atoms with Crippen LogP contribution in [-0.2, 0) is 4.79 Å². The molecule has 0 saturated heterocycles. The Morgan fingerprint density at radius 3 is 2.53 bits per heavy atom. The van der Waals surface area contributed by atoms with Crippen LogP contribution in [0.1, 0.15) is 23.7 Å². The minimum atomic E-state index is -0.931. The van der Waals surface area contributed by atoms with E-state index < -0.39 is 5.97 Å². The van der Waals surface area contributed by atoms with Gasteiger partial charge in [0, 0.05) is 17.7 Å². The molecule has 4 heteroatoms. The third kappa shape index (κ3) is 4.51. The molecule has 0 aromatic heterocycles. The summed E-state index contributed by atoms with van der Waals surface area (Å²) in [5.41, 5.74) is 0.894. The normalized spacial score (nSPS) is 11.0. The first-order valence-electron chi connectivity index (χ1n) is 5.34. The summed E-state index contributed by atoms with van der Waals surface area (Å²) in [7, 11) is 0. The maximum absolute atomic E-state index is 11.6. The van der Waals surface area contributed by atoms with Gasteiger partial charge in [-0.2, -0.15) is 0 Å². The van der Waals surface area contributed by atoms with Gasteiger partial charge in [0.25, 0.3) is 5.91 Å². The number of carboxylic acids is 1. The summed E-state index contributed by atoms with van der Waals surface area (Å²) >= 11 is 0. The molecule has 0 aliphatic carbocycles. The molecule has 0 aliphatic heterocycles. The summed E-state index contributed by atoms with van der Waals surface area (Å²) in [6.07, 6.45) is 2.10. The van der Waals surface area contributed by atoms with Crippen LogP contribution in [0.4, 0.5) is 0 Å². The Morgan fingerprint density at radius 2 is 1.94 bits per heavy atom. The molecule has 0 spiro atoms. The van der Waals surface area contributed by atoms with Crippen LogP contribution in [-0.4, -0.2) is 23.5 Å². The molecule has 0 heterocycles. The van der Waals surface area contributed by atoms with Crippen LogP contribution in [0, 0.1) is 0 Å². The molecule has 0 unspecified atom stereocenters. The van der Waals surface area contributed by atoms with Gasteiger partial charge in [-0.05, 0) is 25.5 Å². The van der Waals surface area contributed by atoms with Gasteiger partial charge in [0.2, 0.25) is 0 Å². The van der Waals surface area contributed by atoms with Crippen LogP contribution in [0.5, 0.6) is 0 Å². The first-order chi connectivity index (χ1) is 8.11. The molecule has 0 aliphatic rings. The summed E-state index contributed by atoms with van der Waals surface area (Å²) in [5, 5.41) is 11.3. The molecule has 2 N–H and O–H groups in total. The van der Waals surface area contributed by atoms with E-state index in [4.69, 9.17) is 5.11 Å². The van der Waals surface area contributed by atoms with E-state index in [1.54, 1.807) is 30.3 Å². The molecule has 0 saturated carbocycles. The minimum Gasteiger partial charge on any atom is -0.478 e. The van der Waals surface area contributed by atoms with Crippen LogP contribution in [0.3, 0.4) is 0 Å². The summed E-state index contributed by atoms with van der Waals surface area (Å²) < 4.78 is 0. The fourth-order valence-electron chi connectivity index (χ4n) is 1.25. The third-order valence-electron chi connectivity index (χ3n) is 2.25. The van der Waals surface area contributed by atoms with Crippen molar-refractivity contribution in [1.82, 2.24) is 5.32 Å². The molecule has 0 radical (unpaired) electrons. The highest BCUT2D eigenvalue weighted by Gasteiger charge is 2.02. The van der Waals surface area contributed by atoms with Crippen molar-refractivity contribution < 1.29 is 14.7 Å². The van der Waals surface area contributed by atoms with Crippen molar-refractivity contribution in [3.05, 3.63) is 47.5 Å². The molecule has 1 aromatic carbocycles. The Morgan fingerprint density at radius 1 is 1.29 bits per heavy atom. The number of aliphatic carboxylic acids is 1. The van der Waals surface area contributed by atoms with Crippen molar-refractivity contribution in [3.63, 3.8) is 0 Å². The van der Waals surface area contributed by atoms with E-state index in [-0.39, 0.29) is 5.91 Å². The number of nitrogens with one attached hydrogen (secondary N) is 1. The van der Waals surface area contributed by atoms with Gasteiger partial charge in [-0.25, -0.2) is 4.79 Å². The lowest BCUT2D eigenvalue weighted by Crippen LogP contribution is -2.24. The van der Waals surface area contributed by atoms with Crippen LogP contribution < -0.4 is 5.32 Å². The number of rotatable bonds is 5. The van der Waals surface area contributed by atoms with Gasteiger partial charge in [0.05, 0.1) is 0 Å². The van der Waals surface area contributed by atoms with E-state index in [1.165, 1.54) is 6.92 Å². The summed E-state index contributed by atoms with van der Waals surface area (Å²) in [6.45, 7) is 1.96. The molecule has 17 heavy (non-hydrogen) atoms. The molecular weight excluding hydrogens is 218 g/mol. The van der Waals surface area contributed by atoms with Crippen LogP contribution in [0.25, 0.3) is 0 Å². The lowest BCUT2D eigenvalue weighted by atomic mass is 10.2. The predicted molar refractivity (Wildman–Crippen MR) is 64.8 cm³/mol. The van der Waals surface area contributed by atoms with Gasteiger partial charge in [0.15, 0.2) is 0 Å². The Kier molecular flexibility index (Phi) is 4.94. The highest BCUT2D eigenvalue weighted by Crippen LogP contribution is 1.98. The van der Waals surface area contributed by atoms with E-state index in [2.05, 4.69) is 5.32 Å². The lowest BCUT2D eigenvalue weighted by Gasteiger charge is -2.03. The minimum absolute atomic E-state index is 0.146. The Labute approximate surface area is 100.0 Å². The van der Waals surface area contributed by atoms with E-state index in [1.807, 2.05) is 6.07 Å². The monoisotopic (exact) mass is 233 g/mol. The first-order valence-corrected chi connectivity index (χ1v) is 5.34. The van der Waals surface area contributed by atoms with E-state index in [0.29, 0.717) is 24.1 Å². The molecule has 90 valence electrons. The predicted octanol–water partition coefficient (Wildman–Crippen LogP) is 1.84. The standard InChI is InChI=1S/C13H15NO3/c1-10(13(16)17)6-5-9-14-12(15)11-7-3-2-4-8-11/h2-4,6-8H,5,9H2,1H3,(H,14,15)(H,16,17). The van der Waals surface area contributed by atoms with Crippen molar-refractivity contribution in [3.8, 4) is 0 Å². The molecular formula is C13H15NO3. The molecule has 1 rings (SSSR count). The fraction of sp³-hybridized carbons (Fsp3) is 0.231. The molecule has 0 fully saturated rings.